The first-order chi connectivity index (χ1) is 5.86. The predicted octanol–water partition coefficient (Wildman–Crippen LogP) is 1.72. The minimum Gasteiger partial charge on any atom is -0.481 e. The highest BCUT2D eigenvalue weighted by Crippen LogP contribution is 2.24. The number of carbonyl (C=O) groups is 1. The molecule has 0 radical (unpaired) electrons. The van der Waals surface area contributed by atoms with Crippen molar-refractivity contribution >= 4 is 5.97 Å². The summed E-state index contributed by atoms with van der Waals surface area (Å²) in [6.07, 6.45) is 0.0705. The molecule has 0 aromatic heterocycles. The van der Waals surface area contributed by atoms with E-state index in [0.29, 0.717) is 11.8 Å². The molecule has 3 nitrogen and oxygen atoms in total. The van der Waals surface area contributed by atoms with Crippen LogP contribution in [0.3, 0.4) is 0 Å². The first-order valence-corrected chi connectivity index (χ1v) is 4.83. The quantitative estimate of drug-likeness (QED) is 0.688. The monoisotopic (exact) mass is 187 g/mol. The molecule has 0 saturated heterocycles. The van der Waals surface area contributed by atoms with E-state index in [4.69, 9.17) is 10.8 Å². The van der Waals surface area contributed by atoms with Crippen LogP contribution in [0.2, 0.25) is 0 Å². The van der Waals surface area contributed by atoms with E-state index < -0.39 is 5.97 Å². The van der Waals surface area contributed by atoms with Crippen LogP contribution in [0, 0.1) is 17.8 Å². The van der Waals surface area contributed by atoms with Gasteiger partial charge in [0, 0.05) is 6.04 Å². The Labute approximate surface area is 80.3 Å². The molecule has 0 aliphatic heterocycles. The summed E-state index contributed by atoms with van der Waals surface area (Å²) in [7, 11) is 0. The second-order valence-electron chi connectivity index (χ2n) is 4.33. The molecule has 13 heavy (non-hydrogen) atoms. The molecular weight excluding hydrogens is 166 g/mol. The van der Waals surface area contributed by atoms with Crippen molar-refractivity contribution in [2.45, 2.75) is 40.2 Å². The van der Waals surface area contributed by atoms with Gasteiger partial charge in [0.1, 0.15) is 0 Å². The Balaban J connectivity index is 4.28. The normalized spacial score (nSPS) is 14.2. The number of hydrogen-bond donors (Lipinski definition) is 2. The standard InChI is InChI=1S/C10H21NO2/c1-6(2)10(7(3)4)8(11)5-9(12)13/h6-8,10H,5,11H2,1-4H3,(H,12,13)/t8-/m0/s1. The van der Waals surface area contributed by atoms with Gasteiger partial charge >= 0.3 is 5.97 Å². The summed E-state index contributed by atoms with van der Waals surface area (Å²) in [5, 5.41) is 8.62. The summed E-state index contributed by atoms with van der Waals surface area (Å²) in [6.45, 7) is 8.36. The van der Waals surface area contributed by atoms with Gasteiger partial charge in [0.15, 0.2) is 0 Å². The zero-order valence-corrected chi connectivity index (χ0v) is 8.95. The summed E-state index contributed by atoms with van der Waals surface area (Å²) in [6, 6.07) is -0.225. The lowest BCUT2D eigenvalue weighted by Gasteiger charge is -2.29. The number of carboxylic acids is 1. The van der Waals surface area contributed by atoms with E-state index in [-0.39, 0.29) is 18.4 Å². The van der Waals surface area contributed by atoms with Crippen molar-refractivity contribution in [1.82, 2.24) is 0 Å². The maximum atomic E-state index is 10.5. The van der Waals surface area contributed by atoms with E-state index in [1.807, 2.05) is 0 Å². The molecule has 0 aromatic carbocycles. The van der Waals surface area contributed by atoms with E-state index in [2.05, 4.69) is 27.7 Å². The molecule has 0 unspecified atom stereocenters. The predicted molar refractivity (Wildman–Crippen MR) is 53.4 cm³/mol. The summed E-state index contributed by atoms with van der Waals surface area (Å²) < 4.78 is 0. The minimum absolute atomic E-state index is 0.0705. The average molecular weight is 187 g/mol. The topological polar surface area (TPSA) is 63.3 Å². The third kappa shape index (κ3) is 4.27. The number of aliphatic carboxylic acids is 1. The molecule has 0 saturated carbocycles. The van der Waals surface area contributed by atoms with Gasteiger partial charge in [0.2, 0.25) is 0 Å². The van der Waals surface area contributed by atoms with E-state index in [0.717, 1.165) is 0 Å². The molecule has 0 aromatic rings. The first-order valence-electron chi connectivity index (χ1n) is 4.83. The third-order valence-electron chi connectivity index (χ3n) is 2.44. The van der Waals surface area contributed by atoms with Crippen LogP contribution >= 0.6 is 0 Å². The van der Waals surface area contributed by atoms with Crippen LogP contribution in [0.1, 0.15) is 34.1 Å². The fraction of sp³-hybridized carbons (Fsp3) is 0.900. The van der Waals surface area contributed by atoms with Crippen LogP contribution < -0.4 is 5.73 Å². The van der Waals surface area contributed by atoms with Crippen molar-refractivity contribution in [2.75, 3.05) is 0 Å². The zero-order valence-electron chi connectivity index (χ0n) is 8.95. The second-order valence-corrected chi connectivity index (χ2v) is 4.33. The fourth-order valence-corrected chi connectivity index (χ4v) is 2.10. The Morgan fingerprint density at radius 3 is 1.85 bits per heavy atom. The molecule has 0 heterocycles. The lowest BCUT2D eigenvalue weighted by molar-refractivity contribution is -0.137. The van der Waals surface area contributed by atoms with Crippen molar-refractivity contribution < 1.29 is 9.90 Å². The summed E-state index contributed by atoms with van der Waals surface area (Å²) in [5.74, 6) is 0.360. The van der Waals surface area contributed by atoms with Crippen molar-refractivity contribution in [3.05, 3.63) is 0 Å². The van der Waals surface area contributed by atoms with Crippen molar-refractivity contribution in [3.8, 4) is 0 Å². The Kier molecular flexibility index (Phi) is 4.99. The molecule has 0 amide bonds. The highest BCUT2D eigenvalue weighted by atomic mass is 16.4. The van der Waals surface area contributed by atoms with Gasteiger partial charge in [-0.25, -0.2) is 0 Å². The zero-order chi connectivity index (χ0) is 10.6. The highest BCUT2D eigenvalue weighted by Gasteiger charge is 2.25. The lowest BCUT2D eigenvalue weighted by Crippen LogP contribution is -2.38. The maximum absolute atomic E-state index is 10.5. The number of carboxylic acid groups (broad SMARTS) is 1. The van der Waals surface area contributed by atoms with Crippen LogP contribution in [0.15, 0.2) is 0 Å². The van der Waals surface area contributed by atoms with Crippen LogP contribution in [0.4, 0.5) is 0 Å². The van der Waals surface area contributed by atoms with Crippen molar-refractivity contribution in [2.24, 2.45) is 23.5 Å². The van der Waals surface area contributed by atoms with Crippen molar-refractivity contribution in [1.29, 1.82) is 0 Å². The molecule has 1 atom stereocenters. The Hall–Kier alpha value is -0.570. The van der Waals surface area contributed by atoms with Gasteiger partial charge in [-0.2, -0.15) is 0 Å². The van der Waals surface area contributed by atoms with Gasteiger partial charge in [0.25, 0.3) is 0 Å². The van der Waals surface area contributed by atoms with Gasteiger partial charge in [-0.1, -0.05) is 27.7 Å². The van der Waals surface area contributed by atoms with Gasteiger partial charge in [-0.05, 0) is 17.8 Å². The fourth-order valence-electron chi connectivity index (χ4n) is 2.10. The van der Waals surface area contributed by atoms with Gasteiger partial charge < -0.3 is 10.8 Å². The molecule has 0 fully saturated rings. The molecule has 0 aliphatic rings. The molecule has 0 aliphatic carbocycles. The molecule has 3 N–H and O–H groups in total. The van der Waals surface area contributed by atoms with Crippen LogP contribution in [-0.2, 0) is 4.79 Å². The molecule has 0 spiro atoms. The summed E-state index contributed by atoms with van der Waals surface area (Å²) >= 11 is 0. The lowest BCUT2D eigenvalue weighted by atomic mass is 9.79. The average Bonchev–Trinajstić information content (AvgIpc) is 1.81. The minimum atomic E-state index is -0.807. The Bertz CT molecular complexity index is 158. The van der Waals surface area contributed by atoms with E-state index >= 15 is 0 Å². The Morgan fingerprint density at radius 2 is 1.62 bits per heavy atom. The van der Waals surface area contributed by atoms with Crippen LogP contribution in [-0.4, -0.2) is 17.1 Å². The molecular formula is C10H21NO2. The summed E-state index contributed by atoms with van der Waals surface area (Å²) in [4.78, 5) is 10.5. The second kappa shape index (κ2) is 5.22. The van der Waals surface area contributed by atoms with E-state index in [9.17, 15) is 4.79 Å². The molecule has 3 heteroatoms. The van der Waals surface area contributed by atoms with E-state index in [1.165, 1.54) is 0 Å². The number of hydrogen-bond acceptors (Lipinski definition) is 2. The van der Waals surface area contributed by atoms with Crippen molar-refractivity contribution in [3.63, 3.8) is 0 Å². The highest BCUT2D eigenvalue weighted by molar-refractivity contribution is 5.67. The number of rotatable bonds is 5. The smallest absolute Gasteiger partial charge is 0.304 e. The Morgan fingerprint density at radius 1 is 1.23 bits per heavy atom. The first kappa shape index (κ1) is 12.4. The third-order valence-corrected chi connectivity index (χ3v) is 2.44. The van der Waals surface area contributed by atoms with Gasteiger partial charge in [0.05, 0.1) is 6.42 Å². The number of nitrogens with two attached hydrogens (primary N) is 1. The summed E-state index contributed by atoms with van der Waals surface area (Å²) in [5.41, 5.74) is 5.84. The van der Waals surface area contributed by atoms with Gasteiger partial charge in [-0.3, -0.25) is 4.79 Å². The van der Waals surface area contributed by atoms with Gasteiger partial charge in [-0.15, -0.1) is 0 Å². The van der Waals surface area contributed by atoms with Crippen LogP contribution in [0.5, 0.6) is 0 Å². The SMILES string of the molecule is CC(C)C(C(C)C)[C@@H](N)CC(=O)O. The molecule has 78 valence electrons. The molecule has 0 bridgehead atoms. The maximum Gasteiger partial charge on any atom is 0.304 e. The molecule has 0 rings (SSSR count). The van der Waals surface area contributed by atoms with Crippen LogP contribution in [0.25, 0.3) is 0 Å². The largest absolute Gasteiger partial charge is 0.481 e. The van der Waals surface area contributed by atoms with E-state index in [1.54, 1.807) is 0 Å².